The van der Waals surface area contributed by atoms with E-state index < -0.39 is 17.6 Å². The van der Waals surface area contributed by atoms with Crippen LogP contribution in [0.4, 0.5) is 19.0 Å². The minimum absolute atomic E-state index is 0.108. The number of alkyl halides is 3. The fourth-order valence-corrected chi connectivity index (χ4v) is 5.50. The van der Waals surface area contributed by atoms with E-state index in [0.717, 1.165) is 37.7 Å². The van der Waals surface area contributed by atoms with Crippen LogP contribution in [-0.2, 0) is 6.18 Å². The molecule has 2 aromatic heterocycles. The number of nitrogens with zero attached hydrogens (tertiary/aromatic N) is 5. The smallest absolute Gasteiger partial charge is 0.383 e. The van der Waals surface area contributed by atoms with Crippen LogP contribution < -0.4 is 5.73 Å². The average molecular weight is 430 g/mol. The van der Waals surface area contributed by atoms with Crippen molar-refractivity contribution in [2.75, 3.05) is 18.8 Å². The number of nitrogens with two attached hydrogens (primary N) is 1. The summed E-state index contributed by atoms with van der Waals surface area (Å²) in [6.45, 7) is 5.83. The Morgan fingerprint density at radius 3 is 2.45 bits per heavy atom. The van der Waals surface area contributed by atoms with Gasteiger partial charge in [-0.05, 0) is 50.7 Å². The van der Waals surface area contributed by atoms with Gasteiger partial charge in [0.2, 0.25) is 0 Å². The minimum Gasteiger partial charge on any atom is -0.383 e. The van der Waals surface area contributed by atoms with Gasteiger partial charge in [-0.3, -0.25) is 9.58 Å². The van der Waals surface area contributed by atoms with E-state index in [9.17, 15) is 13.2 Å². The van der Waals surface area contributed by atoms with Crippen LogP contribution in [0.25, 0.3) is 11.3 Å². The molecule has 0 spiro atoms. The van der Waals surface area contributed by atoms with Crippen molar-refractivity contribution >= 4 is 5.82 Å². The Hall–Kier alpha value is -2.60. The third-order valence-electron chi connectivity index (χ3n) is 7.14. The summed E-state index contributed by atoms with van der Waals surface area (Å²) in [4.78, 5) is 6.18. The molecule has 2 aliphatic carbocycles. The first-order valence-electron chi connectivity index (χ1n) is 10.7. The van der Waals surface area contributed by atoms with E-state index in [0.29, 0.717) is 35.1 Å². The highest BCUT2D eigenvalue weighted by atomic mass is 19.4. The Morgan fingerprint density at radius 2 is 1.87 bits per heavy atom. The number of hydrogen-bond donors (Lipinski definition) is 1. The van der Waals surface area contributed by atoms with E-state index in [1.165, 1.54) is 6.20 Å². The fourth-order valence-electron chi connectivity index (χ4n) is 5.50. The highest BCUT2D eigenvalue weighted by Crippen LogP contribution is 2.64. The summed E-state index contributed by atoms with van der Waals surface area (Å²) in [6, 6.07) is 5.97. The number of likely N-dealkylation sites (tertiary alicyclic amines) is 1. The predicted octanol–water partition coefficient (Wildman–Crippen LogP) is 4.07. The van der Waals surface area contributed by atoms with E-state index in [4.69, 9.17) is 11.0 Å². The Kier molecular flexibility index (Phi) is 4.56. The summed E-state index contributed by atoms with van der Waals surface area (Å²) in [5.41, 5.74) is 6.45. The molecule has 164 valence electrons. The van der Waals surface area contributed by atoms with Crippen LogP contribution in [0.15, 0.2) is 18.3 Å². The number of nitrogen functional groups attached to an aromatic ring is 1. The molecular weight excluding hydrogens is 405 g/mol. The molecule has 3 fully saturated rings. The highest BCUT2D eigenvalue weighted by molar-refractivity contribution is 5.63. The maximum Gasteiger partial charge on any atom is 0.419 e. The zero-order valence-corrected chi connectivity index (χ0v) is 17.5. The molecule has 1 saturated heterocycles. The monoisotopic (exact) mass is 430 g/mol. The van der Waals surface area contributed by atoms with Gasteiger partial charge in [0.25, 0.3) is 0 Å². The lowest BCUT2D eigenvalue weighted by molar-refractivity contribution is -0.137. The largest absolute Gasteiger partial charge is 0.419 e. The fraction of sp³-hybridized carbons (Fsp3) is 0.591. The van der Waals surface area contributed by atoms with Crippen LogP contribution >= 0.6 is 0 Å². The van der Waals surface area contributed by atoms with Gasteiger partial charge >= 0.3 is 6.18 Å². The van der Waals surface area contributed by atoms with Crippen LogP contribution in [0, 0.1) is 29.1 Å². The molecule has 3 aliphatic rings. The summed E-state index contributed by atoms with van der Waals surface area (Å²) in [6.07, 6.45) is -0.956. The Balaban J connectivity index is 1.37. The second-order valence-corrected chi connectivity index (χ2v) is 9.41. The molecule has 5 rings (SSSR count). The van der Waals surface area contributed by atoms with Crippen molar-refractivity contribution in [2.24, 2.45) is 17.8 Å². The molecule has 2 saturated carbocycles. The van der Waals surface area contributed by atoms with Gasteiger partial charge in [-0.1, -0.05) is 0 Å². The molecule has 31 heavy (non-hydrogen) atoms. The summed E-state index contributed by atoms with van der Waals surface area (Å²) in [7, 11) is 0. The Labute approximate surface area is 178 Å². The topological polar surface area (TPSA) is 83.8 Å². The number of halogens is 3. The van der Waals surface area contributed by atoms with Gasteiger partial charge in [-0.2, -0.15) is 23.5 Å². The zero-order valence-electron chi connectivity index (χ0n) is 17.5. The number of pyridine rings is 1. The normalized spacial score (nSPS) is 28.4. The van der Waals surface area contributed by atoms with Gasteiger partial charge in [-0.25, -0.2) is 4.98 Å². The first-order chi connectivity index (χ1) is 14.7. The number of nitriles is 1. The van der Waals surface area contributed by atoms with E-state index in [-0.39, 0.29) is 12.0 Å². The van der Waals surface area contributed by atoms with E-state index >= 15 is 0 Å². The molecule has 1 aliphatic heterocycles. The lowest BCUT2D eigenvalue weighted by Gasteiger charge is -2.40. The molecule has 0 amide bonds. The van der Waals surface area contributed by atoms with Crippen molar-refractivity contribution < 1.29 is 13.2 Å². The standard InChI is InChI=1S/C22H25F3N6/c1-11(2)31-19(20-15-4-14(5-16(15)20)30-9-12(7-26)10-30)6-18(29-31)13-3-17(22(23,24)25)21(27)28-8-13/h3,6,8,11-12,14-16,20H,4-5,9-10H2,1-2H3,(H2,27,28)/t14?,15-,16+,20-. The molecule has 6 nitrogen and oxygen atoms in total. The van der Waals surface area contributed by atoms with Crippen molar-refractivity contribution in [3.63, 3.8) is 0 Å². The summed E-state index contributed by atoms with van der Waals surface area (Å²) < 4.78 is 41.8. The van der Waals surface area contributed by atoms with Crippen molar-refractivity contribution in [3.8, 4) is 17.3 Å². The molecule has 2 N–H and O–H groups in total. The van der Waals surface area contributed by atoms with E-state index in [1.54, 1.807) is 0 Å². The maximum absolute atomic E-state index is 13.3. The molecule has 9 heteroatoms. The molecule has 0 bridgehead atoms. The van der Waals surface area contributed by atoms with Gasteiger partial charge in [0.1, 0.15) is 5.82 Å². The van der Waals surface area contributed by atoms with Crippen LogP contribution in [0.2, 0.25) is 0 Å². The Morgan fingerprint density at radius 1 is 1.19 bits per heavy atom. The van der Waals surface area contributed by atoms with Crippen molar-refractivity contribution in [3.05, 3.63) is 29.6 Å². The molecule has 0 radical (unpaired) electrons. The van der Waals surface area contributed by atoms with E-state index in [2.05, 4.69) is 21.1 Å². The van der Waals surface area contributed by atoms with Crippen LogP contribution in [0.5, 0.6) is 0 Å². The quantitative estimate of drug-likeness (QED) is 0.790. The SMILES string of the molecule is CC(C)n1nc(-c2cnc(N)c(C(F)(F)F)c2)cc1[C@@H]1[C@@H]2CC(N3CC(C#N)C3)C[C@@H]21. The zero-order chi connectivity index (χ0) is 22.1. The van der Waals surface area contributed by atoms with Gasteiger partial charge in [0.15, 0.2) is 0 Å². The average Bonchev–Trinajstić information content (AvgIpc) is 3.03. The molecular formula is C22H25F3N6. The van der Waals surface area contributed by atoms with Crippen molar-refractivity contribution in [1.82, 2.24) is 19.7 Å². The number of aromatic nitrogens is 3. The second kappa shape index (κ2) is 6.95. The highest BCUT2D eigenvalue weighted by Gasteiger charge is 2.59. The first-order valence-corrected chi connectivity index (χ1v) is 10.7. The molecule has 0 aromatic carbocycles. The summed E-state index contributed by atoms with van der Waals surface area (Å²) in [5, 5.41) is 13.6. The van der Waals surface area contributed by atoms with Crippen LogP contribution in [-0.4, -0.2) is 38.8 Å². The first kappa shape index (κ1) is 20.3. The van der Waals surface area contributed by atoms with Gasteiger partial charge in [0.05, 0.1) is 23.2 Å². The lowest BCUT2D eigenvalue weighted by atomic mass is 9.95. The molecule has 2 aromatic rings. The molecule has 1 unspecified atom stereocenters. The number of rotatable bonds is 4. The van der Waals surface area contributed by atoms with Gasteiger partial charge in [0, 0.05) is 48.5 Å². The predicted molar refractivity (Wildman–Crippen MR) is 109 cm³/mol. The Bertz CT molecular complexity index is 1030. The number of fused-ring (bicyclic) bond motifs is 1. The van der Waals surface area contributed by atoms with Crippen molar-refractivity contribution in [2.45, 2.75) is 50.9 Å². The minimum atomic E-state index is -4.56. The van der Waals surface area contributed by atoms with Gasteiger partial charge in [-0.15, -0.1) is 0 Å². The number of hydrogen-bond acceptors (Lipinski definition) is 5. The third kappa shape index (κ3) is 3.37. The molecule has 4 atom stereocenters. The van der Waals surface area contributed by atoms with Gasteiger partial charge < -0.3 is 5.73 Å². The molecule has 3 heterocycles. The number of anilines is 1. The van der Waals surface area contributed by atoms with Crippen LogP contribution in [0.1, 0.15) is 49.9 Å². The summed E-state index contributed by atoms with van der Waals surface area (Å²) >= 11 is 0. The summed E-state index contributed by atoms with van der Waals surface area (Å²) in [5.74, 6) is 1.23. The third-order valence-corrected chi connectivity index (χ3v) is 7.14. The van der Waals surface area contributed by atoms with E-state index in [1.807, 2.05) is 24.6 Å². The maximum atomic E-state index is 13.3. The van der Waals surface area contributed by atoms with Crippen LogP contribution in [0.3, 0.4) is 0 Å². The second-order valence-electron chi connectivity index (χ2n) is 9.41. The lowest BCUT2D eigenvalue weighted by Crippen LogP contribution is -2.51. The van der Waals surface area contributed by atoms with Crippen molar-refractivity contribution in [1.29, 1.82) is 5.26 Å².